The minimum absolute atomic E-state index is 0.0402. The molecule has 0 spiro atoms. The van der Waals surface area contributed by atoms with Crippen LogP contribution in [-0.4, -0.2) is 54.2 Å². The van der Waals surface area contributed by atoms with Gasteiger partial charge in [-0.25, -0.2) is 10.1 Å². The number of ether oxygens (including phenoxy) is 1. The van der Waals surface area contributed by atoms with E-state index < -0.39 is 5.03 Å². The van der Waals surface area contributed by atoms with Crippen molar-refractivity contribution < 1.29 is 14.9 Å². The van der Waals surface area contributed by atoms with Crippen molar-refractivity contribution in [1.82, 2.24) is 10.3 Å². The number of hydrogen-bond acceptors (Lipinski definition) is 5. The third-order valence-electron chi connectivity index (χ3n) is 1.77. The summed E-state index contributed by atoms with van der Waals surface area (Å²) >= 11 is 0. The van der Waals surface area contributed by atoms with Crippen molar-refractivity contribution in [2.75, 3.05) is 33.0 Å². The fourth-order valence-electron chi connectivity index (χ4n) is 1.11. The van der Waals surface area contributed by atoms with E-state index in [1.807, 2.05) is 0 Å². The van der Waals surface area contributed by atoms with Crippen molar-refractivity contribution in [2.45, 2.75) is 6.10 Å². The zero-order valence-corrected chi connectivity index (χ0v) is 7.18. The molecule has 1 atom stereocenters. The number of nitrogens with one attached hydrogen (secondary N) is 1. The summed E-state index contributed by atoms with van der Waals surface area (Å²) in [4.78, 5) is 10.3. The molecule has 2 N–H and O–H groups in total. The molecule has 0 amide bonds. The number of aliphatic hydroxyl groups is 1. The van der Waals surface area contributed by atoms with Crippen molar-refractivity contribution >= 4 is 0 Å². The van der Waals surface area contributed by atoms with Gasteiger partial charge in [0.2, 0.25) is 0 Å². The van der Waals surface area contributed by atoms with E-state index in [2.05, 4.69) is 5.32 Å². The van der Waals surface area contributed by atoms with Gasteiger partial charge in [-0.3, -0.25) is 0 Å². The second kappa shape index (κ2) is 4.95. The number of hydrazine groups is 1. The van der Waals surface area contributed by atoms with Gasteiger partial charge in [-0.05, 0) is 0 Å². The van der Waals surface area contributed by atoms with E-state index in [0.717, 1.165) is 5.01 Å². The molecule has 1 aliphatic rings. The average molecular weight is 191 g/mol. The van der Waals surface area contributed by atoms with Crippen molar-refractivity contribution in [1.29, 1.82) is 0 Å². The van der Waals surface area contributed by atoms with Crippen molar-refractivity contribution in [2.24, 2.45) is 0 Å². The summed E-state index contributed by atoms with van der Waals surface area (Å²) in [6, 6.07) is 0. The summed E-state index contributed by atoms with van der Waals surface area (Å²) in [7, 11) is 0. The Labute approximate surface area is 75.4 Å². The molecular formula is C6H13N3O4. The number of nitrogens with zero attached hydrogens (tertiary/aromatic N) is 2. The zero-order chi connectivity index (χ0) is 9.68. The molecular weight excluding hydrogens is 178 g/mol. The Hall–Kier alpha value is -0.920. The first-order valence-corrected chi connectivity index (χ1v) is 4.06. The molecule has 0 aromatic rings. The second-order valence-electron chi connectivity index (χ2n) is 2.77. The van der Waals surface area contributed by atoms with Gasteiger partial charge in [0.25, 0.3) is 0 Å². The Balaban J connectivity index is 2.14. The van der Waals surface area contributed by atoms with Crippen LogP contribution < -0.4 is 5.32 Å². The molecule has 0 radical (unpaired) electrons. The molecule has 7 heteroatoms. The van der Waals surface area contributed by atoms with Gasteiger partial charge >= 0.3 is 0 Å². The van der Waals surface area contributed by atoms with Crippen LogP contribution in [0.2, 0.25) is 0 Å². The van der Waals surface area contributed by atoms with E-state index in [4.69, 9.17) is 9.84 Å². The van der Waals surface area contributed by atoms with E-state index in [1.54, 1.807) is 0 Å². The summed E-state index contributed by atoms with van der Waals surface area (Å²) in [6.07, 6.45) is -0.156. The fourth-order valence-corrected chi connectivity index (χ4v) is 1.11. The molecule has 0 aromatic carbocycles. The smallest absolute Gasteiger partial charge is 0.177 e. The van der Waals surface area contributed by atoms with Gasteiger partial charge in [0.15, 0.2) is 11.8 Å². The van der Waals surface area contributed by atoms with Crippen molar-refractivity contribution in [3.8, 4) is 0 Å². The monoisotopic (exact) mass is 191 g/mol. The summed E-state index contributed by atoms with van der Waals surface area (Å²) in [5.41, 5.74) is 0. The lowest BCUT2D eigenvalue weighted by Gasteiger charge is -2.07. The van der Waals surface area contributed by atoms with Gasteiger partial charge < -0.3 is 15.2 Å². The molecule has 13 heavy (non-hydrogen) atoms. The lowest BCUT2D eigenvalue weighted by atomic mass is 10.3. The molecule has 0 aromatic heterocycles. The second-order valence-corrected chi connectivity index (χ2v) is 2.77. The number of aliphatic hydroxyl groups excluding tert-OH is 1. The lowest BCUT2D eigenvalue weighted by molar-refractivity contribution is -0.654. The van der Waals surface area contributed by atoms with E-state index >= 15 is 0 Å². The lowest BCUT2D eigenvalue weighted by Crippen LogP contribution is -2.33. The van der Waals surface area contributed by atoms with Gasteiger partial charge in [0.1, 0.15) is 6.54 Å². The standard InChI is InChI=1S/C6H13N3O4/c10-2-1-7-3-6-4-8(5-13-6)9(11)12/h6-7,10H,1-5H2. The molecule has 76 valence electrons. The first kappa shape index (κ1) is 10.2. The third-order valence-corrected chi connectivity index (χ3v) is 1.77. The first-order valence-electron chi connectivity index (χ1n) is 4.06. The molecule has 7 nitrogen and oxygen atoms in total. The molecule has 1 rings (SSSR count). The van der Waals surface area contributed by atoms with Crippen LogP contribution in [0.5, 0.6) is 0 Å². The molecule has 0 saturated carbocycles. The molecule has 1 saturated heterocycles. The van der Waals surface area contributed by atoms with E-state index in [0.29, 0.717) is 19.6 Å². The largest absolute Gasteiger partial charge is 0.395 e. The Morgan fingerprint density at radius 3 is 3.08 bits per heavy atom. The van der Waals surface area contributed by atoms with Gasteiger partial charge in [-0.2, -0.15) is 0 Å². The number of hydrogen-bond donors (Lipinski definition) is 2. The van der Waals surface area contributed by atoms with E-state index in [-0.39, 0.29) is 19.4 Å². The maximum atomic E-state index is 10.3. The van der Waals surface area contributed by atoms with E-state index in [9.17, 15) is 10.1 Å². The highest BCUT2D eigenvalue weighted by Crippen LogP contribution is 2.06. The minimum atomic E-state index is -0.466. The van der Waals surface area contributed by atoms with Gasteiger partial charge in [0, 0.05) is 13.1 Å². The van der Waals surface area contributed by atoms with Crippen LogP contribution in [-0.2, 0) is 4.74 Å². The molecule has 0 bridgehead atoms. The SMILES string of the molecule is O=[N+]([O-])N1COC(CNCCO)C1. The Bertz CT molecular complexity index is 177. The van der Waals surface area contributed by atoms with E-state index in [1.165, 1.54) is 0 Å². The van der Waals surface area contributed by atoms with Crippen LogP contribution in [0.1, 0.15) is 0 Å². The highest BCUT2D eigenvalue weighted by Gasteiger charge is 2.28. The summed E-state index contributed by atoms with van der Waals surface area (Å²) in [5, 5.41) is 22.2. The van der Waals surface area contributed by atoms with Crippen molar-refractivity contribution in [3.63, 3.8) is 0 Å². The van der Waals surface area contributed by atoms with Crippen LogP contribution in [0.4, 0.5) is 0 Å². The summed E-state index contributed by atoms with van der Waals surface area (Å²) in [5.74, 6) is 0. The molecule has 1 heterocycles. The molecule has 1 fully saturated rings. The van der Waals surface area contributed by atoms with Gasteiger partial charge in [0.05, 0.1) is 12.7 Å². The number of rotatable bonds is 5. The predicted molar refractivity (Wildman–Crippen MR) is 43.4 cm³/mol. The van der Waals surface area contributed by atoms with Gasteiger partial charge in [-0.1, -0.05) is 0 Å². The topological polar surface area (TPSA) is 87.9 Å². The average Bonchev–Trinajstić information content (AvgIpc) is 2.53. The summed E-state index contributed by atoms with van der Waals surface area (Å²) in [6.45, 7) is 1.42. The molecule has 0 aliphatic carbocycles. The molecule has 1 aliphatic heterocycles. The quantitative estimate of drug-likeness (QED) is 0.310. The van der Waals surface area contributed by atoms with Crippen LogP contribution in [0.3, 0.4) is 0 Å². The van der Waals surface area contributed by atoms with Crippen LogP contribution in [0.25, 0.3) is 0 Å². The van der Waals surface area contributed by atoms with Crippen LogP contribution in [0, 0.1) is 10.1 Å². The number of nitro groups is 1. The minimum Gasteiger partial charge on any atom is -0.395 e. The normalized spacial score (nSPS) is 22.2. The van der Waals surface area contributed by atoms with Crippen LogP contribution >= 0.6 is 0 Å². The highest BCUT2D eigenvalue weighted by atomic mass is 16.7. The Kier molecular flexibility index (Phi) is 3.87. The first-order chi connectivity index (χ1) is 6.24. The Morgan fingerprint density at radius 1 is 1.77 bits per heavy atom. The third kappa shape index (κ3) is 3.13. The maximum Gasteiger partial charge on any atom is 0.177 e. The zero-order valence-electron chi connectivity index (χ0n) is 7.18. The highest BCUT2D eigenvalue weighted by molar-refractivity contribution is 4.68. The maximum absolute atomic E-state index is 10.3. The van der Waals surface area contributed by atoms with Gasteiger partial charge in [-0.15, -0.1) is 5.01 Å². The van der Waals surface area contributed by atoms with Crippen molar-refractivity contribution in [3.05, 3.63) is 10.1 Å². The van der Waals surface area contributed by atoms with Crippen LogP contribution in [0.15, 0.2) is 0 Å². The fraction of sp³-hybridized carbons (Fsp3) is 1.00. The molecule has 1 unspecified atom stereocenters. The Morgan fingerprint density at radius 2 is 2.54 bits per heavy atom. The predicted octanol–water partition coefficient (Wildman–Crippen LogP) is -1.58. The summed E-state index contributed by atoms with van der Waals surface area (Å²) < 4.78 is 5.11.